The van der Waals surface area contributed by atoms with E-state index >= 15 is 0 Å². The summed E-state index contributed by atoms with van der Waals surface area (Å²) in [5, 5.41) is 0.472. The number of nitrogens with one attached hydrogen (secondary N) is 2. The van der Waals surface area contributed by atoms with Crippen molar-refractivity contribution in [1.29, 1.82) is 0 Å². The third kappa shape index (κ3) is 4.66. The van der Waals surface area contributed by atoms with Crippen LogP contribution in [0.1, 0.15) is 6.92 Å². The van der Waals surface area contributed by atoms with Gasteiger partial charge >= 0.3 is 0 Å². The van der Waals surface area contributed by atoms with E-state index in [1.165, 1.54) is 30.0 Å². The summed E-state index contributed by atoms with van der Waals surface area (Å²) in [7, 11) is 0. The van der Waals surface area contributed by atoms with Crippen molar-refractivity contribution in [3.8, 4) is 0 Å². The largest absolute Gasteiger partial charge is 0.375 e. The Hall–Kier alpha value is -1.28. The molecule has 2 amide bonds. The molecule has 0 bridgehead atoms. The van der Waals surface area contributed by atoms with Gasteiger partial charge in [0.05, 0.1) is 16.2 Å². The molecule has 0 aromatic carbocycles. The number of nitrogens with zero attached hydrogens (tertiary/aromatic N) is 1. The second-order valence-corrected chi connectivity index (χ2v) is 4.87. The van der Waals surface area contributed by atoms with Crippen molar-refractivity contribution in [2.24, 2.45) is 0 Å². The Labute approximate surface area is 94.6 Å². The Kier molecular flexibility index (Phi) is 4.37. The Morgan fingerprint density at radius 1 is 1.60 bits per heavy atom. The molecule has 0 fully saturated rings. The maximum absolute atomic E-state index is 11.1. The van der Waals surface area contributed by atoms with Crippen molar-refractivity contribution in [1.82, 2.24) is 15.8 Å². The second kappa shape index (κ2) is 5.56. The number of aromatic nitrogens is 1. The average molecular weight is 246 g/mol. The van der Waals surface area contributed by atoms with Crippen LogP contribution in [0.5, 0.6) is 0 Å². The van der Waals surface area contributed by atoms with Crippen molar-refractivity contribution < 1.29 is 9.59 Å². The number of amides is 2. The first-order chi connectivity index (χ1) is 7.08. The maximum Gasteiger partial charge on any atom is 0.248 e. The third-order valence-electron chi connectivity index (χ3n) is 1.23. The van der Waals surface area contributed by atoms with E-state index in [1.807, 2.05) is 0 Å². The summed E-state index contributed by atoms with van der Waals surface area (Å²) >= 11 is 2.63. The minimum atomic E-state index is -0.310. The molecule has 1 aromatic rings. The molecule has 0 aliphatic rings. The minimum Gasteiger partial charge on any atom is -0.375 e. The molecule has 0 aliphatic carbocycles. The van der Waals surface area contributed by atoms with Gasteiger partial charge in [0.1, 0.15) is 0 Å². The lowest BCUT2D eigenvalue weighted by atomic mass is 10.7. The lowest BCUT2D eigenvalue weighted by Gasteiger charge is -2.03. The zero-order valence-corrected chi connectivity index (χ0v) is 9.58. The van der Waals surface area contributed by atoms with Crippen molar-refractivity contribution >= 4 is 40.0 Å². The van der Waals surface area contributed by atoms with Gasteiger partial charge in [0.15, 0.2) is 5.13 Å². The summed E-state index contributed by atoms with van der Waals surface area (Å²) in [6.07, 6.45) is 1.61. The molecule has 0 unspecified atom stereocenters. The molecule has 15 heavy (non-hydrogen) atoms. The van der Waals surface area contributed by atoms with Crippen LogP contribution in [0.3, 0.4) is 0 Å². The number of rotatable bonds is 3. The fraction of sp³-hybridized carbons (Fsp3) is 0.286. The lowest BCUT2D eigenvalue weighted by molar-refractivity contribution is -0.126. The number of hydrogen-bond donors (Lipinski definition) is 3. The van der Waals surface area contributed by atoms with Crippen LogP contribution in [0.15, 0.2) is 10.4 Å². The number of thiazole rings is 1. The highest BCUT2D eigenvalue weighted by Gasteiger charge is 2.05. The van der Waals surface area contributed by atoms with Crippen LogP contribution in [-0.4, -0.2) is 22.6 Å². The van der Waals surface area contributed by atoms with Gasteiger partial charge in [-0.2, -0.15) is 0 Å². The average Bonchev–Trinajstić information content (AvgIpc) is 2.58. The SMILES string of the molecule is CC(=O)NNC(=O)CSc1cnc(N)s1. The number of anilines is 1. The van der Waals surface area contributed by atoms with E-state index in [4.69, 9.17) is 5.73 Å². The number of nitrogens with two attached hydrogens (primary N) is 1. The number of carbonyl (C=O) groups is 2. The van der Waals surface area contributed by atoms with Crippen LogP contribution in [0, 0.1) is 0 Å². The van der Waals surface area contributed by atoms with Gasteiger partial charge in [-0.25, -0.2) is 4.98 Å². The number of nitrogen functional groups attached to an aromatic ring is 1. The summed E-state index contributed by atoms with van der Waals surface area (Å²) in [4.78, 5) is 25.4. The molecular weight excluding hydrogens is 236 g/mol. The molecule has 0 aliphatic heterocycles. The Bertz CT molecular complexity index is 366. The van der Waals surface area contributed by atoms with Gasteiger partial charge in [-0.1, -0.05) is 11.3 Å². The summed E-state index contributed by atoms with van der Waals surface area (Å²) in [5.74, 6) is -0.375. The zero-order valence-electron chi connectivity index (χ0n) is 7.94. The lowest BCUT2D eigenvalue weighted by Crippen LogP contribution is -2.41. The standard InChI is InChI=1S/C7H10N4O2S2/c1-4(12)10-11-5(13)3-14-6-2-9-7(8)15-6/h2H,3H2,1H3,(H2,8,9)(H,10,12)(H,11,13). The molecule has 4 N–H and O–H groups in total. The first-order valence-electron chi connectivity index (χ1n) is 3.97. The molecule has 0 saturated heterocycles. The molecule has 6 nitrogen and oxygen atoms in total. The van der Waals surface area contributed by atoms with Crippen LogP contribution < -0.4 is 16.6 Å². The summed E-state index contributed by atoms with van der Waals surface area (Å²) in [6.45, 7) is 1.32. The highest BCUT2D eigenvalue weighted by molar-refractivity contribution is 8.01. The Morgan fingerprint density at radius 2 is 2.33 bits per heavy atom. The number of hydrazine groups is 1. The van der Waals surface area contributed by atoms with Crippen molar-refractivity contribution in [3.63, 3.8) is 0 Å². The maximum atomic E-state index is 11.1. The van der Waals surface area contributed by atoms with E-state index in [2.05, 4.69) is 15.8 Å². The molecular formula is C7H10N4O2S2. The van der Waals surface area contributed by atoms with Gasteiger partial charge in [-0.15, -0.1) is 11.8 Å². The van der Waals surface area contributed by atoms with Crippen LogP contribution in [0.4, 0.5) is 5.13 Å². The molecule has 82 valence electrons. The third-order valence-corrected chi connectivity index (χ3v) is 3.25. The Morgan fingerprint density at radius 3 is 2.87 bits per heavy atom. The van der Waals surface area contributed by atoms with Crippen molar-refractivity contribution in [3.05, 3.63) is 6.20 Å². The highest BCUT2D eigenvalue weighted by Crippen LogP contribution is 2.25. The van der Waals surface area contributed by atoms with E-state index < -0.39 is 0 Å². The number of carbonyl (C=O) groups excluding carboxylic acids is 2. The fourth-order valence-corrected chi connectivity index (χ4v) is 2.23. The quantitative estimate of drug-likeness (QED) is 0.514. The van der Waals surface area contributed by atoms with Crippen LogP contribution in [-0.2, 0) is 9.59 Å². The zero-order chi connectivity index (χ0) is 11.3. The summed E-state index contributed by atoms with van der Waals surface area (Å²) in [6, 6.07) is 0. The summed E-state index contributed by atoms with van der Waals surface area (Å²) < 4.78 is 0.866. The molecule has 0 radical (unpaired) electrons. The van der Waals surface area contributed by atoms with Gasteiger partial charge in [-0.05, 0) is 0 Å². The highest BCUT2D eigenvalue weighted by atomic mass is 32.2. The van der Waals surface area contributed by atoms with Crippen LogP contribution in [0.25, 0.3) is 0 Å². The fourth-order valence-electron chi connectivity index (χ4n) is 0.669. The smallest absolute Gasteiger partial charge is 0.248 e. The second-order valence-electron chi connectivity index (χ2n) is 2.54. The Balaban J connectivity index is 2.25. The van der Waals surface area contributed by atoms with Gasteiger partial charge in [-0.3, -0.25) is 20.4 Å². The molecule has 0 atom stereocenters. The molecule has 1 heterocycles. The molecule has 0 spiro atoms. The van der Waals surface area contributed by atoms with Crippen molar-refractivity contribution in [2.45, 2.75) is 11.1 Å². The van der Waals surface area contributed by atoms with Crippen LogP contribution >= 0.6 is 23.1 Å². The first-order valence-corrected chi connectivity index (χ1v) is 5.77. The van der Waals surface area contributed by atoms with Gasteiger partial charge in [0.2, 0.25) is 11.8 Å². The van der Waals surface area contributed by atoms with E-state index in [0.717, 1.165) is 4.21 Å². The molecule has 1 rings (SSSR count). The van der Waals surface area contributed by atoms with E-state index in [0.29, 0.717) is 5.13 Å². The number of thioether (sulfide) groups is 1. The summed E-state index contributed by atoms with van der Waals surface area (Å²) in [5.41, 5.74) is 9.87. The predicted molar refractivity (Wildman–Crippen MR) is 59.2 cm³/mol. The van der Waals surface area contributed by atoms with Crippen LogP contribution in [0.2, 0.25) is 0 Å². The van der Waals surface area contributed by atoms with Gasteiger partial charge in [0.25, 0.3) is 0 Å². The molecule has 0 saturated carbocycles. The minimum absolute atomic E-state index is 0.210. The van der Waals surface area contributed by atoms with E-state index in [9.17, 15) is 9.59 Å². The topological polar surface area (TPSA) is 97.1 Å². The first kappa shape index (κ1) is 11.8. The van der Waals surface area contributed by atoms with Crippen molar-refractivity contribution in [2.75, 3.05) is 11.5 Å². The number of hydrogen-bond acceptors (Lipinski definition) is 6. The van der Waals surface area contributed by atoms with Gasteiger partial charge in [0, 0.05) is 6.92 Å². The molecule has 1 aromatic heterocycles. The van der Waals surface area contributed by atoms with E-state index in [1.54, 1.807) is 6.20 Å². The monoisotopic (exact) mass is 246 g/mol. The van der Waals surface area contributed by atoms with E-state index in [-0.39, 0.29) is 17.6 Å². The normalized spacial score (nSPS) is 9.67. The van der Waals surface area contributed by atoms with Gasteiger partial charge < -0.3 is 5.73 Å². The predicted octanol–water partition coefficient (Wildman–Crippen LogP) is -0.0153. The molecule has 8 heteroatoms.